The normalized spacial score (nSPS) is 15.4. The molecule has 0 aromatic heterocycles. The van der Waals surface area contributed by atoms with Crippen LogP contribution in [0.2, 0.25) is 0 Å². The van der Waals surface area contributed by atoms with E-state index in [0.29, 0.717) is 17.8 Å². The van der Waals surface area contributed by atoms with E-state index in [4.69, 9.17) is 0 Å². The Bertz CT molecular complexity index is 966. The lowest BCUT2D eigenvalue weighted by molar-refractivity contribution is -0.384. The topological polar surface area (TPSA) is 92.9 Å². The number of aliphatic imine (C=N–C) groups is 1. The fourth-order valence-corrected chi connectivity index (χ4v) is 3.74. The van der Waals surface area contributed by atoms with E-state index >= 15 is 0 Å². The van der Waals surface area contributed by atoms with Gasteiger partial charge in [0.15, 0.2) is 9.84 Å². The molecule has 0 spiro atoms. The quantitative estimate of drug-likeness (QED) is 0.618. The number of likely N-dealkylation sites (N-methyl/N-ethyl adjacent to an activating group) is 1. The second kappa shape index (κ2) is 6.29. The van der Waals surface area contributed by atoms with Crippen molar-refractivity contribution in [2.75, 3.05) is 24.4 Å². The first-order valence-corrected chi connectivity index (χ1v) is 9.26. The summed E-state index contributed by atoms with van der Waals surface area (Å²) in [5.41, 5.74) is 2.89. The SMILES string of the molecule is Cc1ccc(S(=O)(=O)C/N=C2\CN(C)c3ccc([N+](=O)[O-])cc32)cc1. The zero-order chi connectivity index (χ0) is 18.2. The molecule has 7 nitrogen and oxygen atoms in total. The highest BCUT2D eigenvalue weighted by Gasteiger charge is 2.25. The molecule has 0 atom stereocenters. The van der Waals surface area contributed by atoms with Crippen molar-refractivity contribution < 1.29 is 13.3 Å². The van der Waals surface area contributed by atoms with Gasteiger partial charge in [-0.2, -0.15) is 0 Å². The smallest absolute Gasteiger partial charge is 0.270 e. The van der Waals surface area contributed by atoms with Crippen LogP contribution in [0.5, 0.6) is 0 Å². The van der Waals surface area contributed by atoms with Gasteiger partial charge in [-0.25, -0.2) is 8.42 Å². The van der Waals surface area contributed by atoms with Gasteiger partial charge < -0.3 is 4.90 Å². The molecule has 1 heterocycles. The molecule has 0 unspecified atom stereocenters. The average molecular weight is 359 g/mol. The van der Waals surface area contributed by atoms with Crippen molar-refractivity contribution in [3.63, 3.8) is 0 Å². The molecular formula is C17H17N3O4S. The Balaban J connectivity index is 1.92. The second-order valence-electron chi connectivity index (χ2n) is 5.98. The van der Waals surface area contributed by atoms with E-state index in [0.717, 1.165) is 11.3 Å². The predicted octanol–water partition coefficient (Wildman–Crippen LogP) is 2.57. The summed E-state index contributed by atoms with van der Waals surface area (Å²) >= 11 is 0. The van der Waals surface area contributed by atoms with Gasteiger partial charge in [-0.15, -0.1) is 0 Å². The van der Waals surface area contributed by atoms with Crippen molar-refractivity contribution in [2.45, 2.75) is 11.8 Å². The van der Waals surface area contributed by atoms with E-state index in [9.17, 15) is 18.5 Å². The Morgan fingerprint density at radius 3 is 2.52 bits per heavy atom. The molecule has 1 aliphatic heterocycles. The summed E-state index contributed by atoms with van der Waals surface area (Å²) in [5.74, 6) is -0.388. The van der Waals surface area contributed by atoms with Crippen LogP contribution < -0.4 is 4.90 Å². The fraction of sp³-hybridized carbons (Fsp3) is 0.235. The minimum absolute atomic E-state index is 0.0388. The van der Waals surface area contributed by atoms with E-state index in [1.165, 1.54) is 12.1 Å². The van der Waals surface area contributed by atoms with Crippen LogP contribution in [0.4, 0.5) is 11.4 Å². The van der Waals surface area contributed by atoms with Gasteiger partial charge in [0, 0.05) is 30.4 Å². The van der Waals surface area contributed by atoms with Crippen molar-refractivity contribution in [2.24, 2.45) is 4.99 Å². The maximum Gasteiger partial charge on any atom is 0.270 e. The van der Waals surface area contributed by atoms with Crippen LogP contribution in [0.1, 0.15) is 11.1 Å². The molecule has 1 aliphatic rings. The molecule has 0 fully saturated rings. The third kappa shape index (κ3) is 3.39. The van der Waals surface area contributed by atoms with Crippen molar-refractivity contribution in [1.82, 2.24) is 0 Å². The fourth-order valence-electron chi connectivity index (χ4n) is 2.71. The molecule has 8 heteroatoms. The van der Waals surface area contributed by atoms with Crippen LogP contribution in [0, 0.1) is 17.0 Å². The maximum absolute atomic E-state index is 12.4. The van der Waals surface area contributed by atoms with Crippen LogP contribution in [0.15, 0.2) is 52.4 Å². The van der Waals surface area contributed by atoms with Crippen LogP contribution in [-0.4, -0.2) is 38.5 Å². The molecular weight excluding hydrogens is 342 g/mol. The van der Waals surface area contributed by atoms with Gasteiger partial charge in [0.25, 0.3) is 5.69 Å². The highest BCUT2D eigenvalue weighted by molar-refractivity contribution is 7.91. The third-order valence-corrected chi connectivity index (χ3v) is 5.56. The van der Waals surface area contributed by atoms with Gasteiger partial charge in [-0.3, -0.25) is 15.1 Å². The Labute approximate surface area is 145 Å². The number of aryl methyl sites for hydroxylation is 1. The number of hydrogen-bond donors (Lipinski definition) is 0. The summed E-state index contributed by atoms with van der Waals surface area (Å²) in [6, 6.07) is 11.1. The number of anilines is 1. The standard InChI is InChI=1S/C17H17N3O4S/c1-12-3-6-14(7-4-12)25(23,24)11-18-16-10-19(2)17-8-5-13(20(21)22)9-15(16)17/h3-9H,10-11H2,1-2H3/b18-16+. The summed E-state index contributed by atoms with van der Waals surface area (Å²) in [4.78, 5) is 16.9. The van der Waals surface area contributed by atoms with E-state index in [1.807, 2.05) is 18.9 Å². The molecule has 0 bridgehead atoms. The largest absolute Gasteiger partial charge is 0.368 e. The number of fused-ring (bicyclic) bond motifs is 1. The second-order valence-corrected chi connectivity index (χ2v) is 7.94. The third-order valence-electron chi connectivity index (χ3n) is 4.11. The molecule has 2 aromatic carbocycles. The van der Waals surface area contributed by atoms with Gasteiger partial charge in [0.1, 0.15) is 5.88 Å². The van der Waals surface area contributed by atoms with Crippen LogP contribution in [-0.2, 0) is 9.84 Å². The zero-order valence-corrected chi connectivity index (χ0v) is 14.7. The summed E-state index contributed by atoms with van der Waals surface area (Å²) in [5, 5.41) is 11.0. The van der Waals surface area contributed by atoms with E-state index in [1.54, 1.807) is 30.3 Å². The van der Waals surface area contributed by atoms with Crippen molar-refractivity contribution in [1.29, 1.82) is 0 Å². The maximum atomic E-state index is 12.4. The first-order valence-electron chi connectivity index (χ1n) is 7.60. The van der Waals surface area contributed by atoms with E-state index in [2.05, 4.69) is 4.99 Å². The number of nitro benzene ring substituents is 1. The molecule has 25 heavy (non-hydrogen) atoms. The minimum atomic E-state index is -3.55. The highest BCUT2D eigenvalue weighted by atomic mass is 32.2. The van der Waals surface area contributed by atoms with Gasteiger partial charge in [0.05, 0.1) is 22.1 Å². The molecule has 130 valence electrons. The monoisotopic (exact) mass is 359 g/mol. The Morgan fingerprint density at radius 1 is 1.20 bits per heavy atom. The van der Waals surface area contributed by atoms with Crippen molar-refractivity contribution in [3.05, 3.63) is 63.7 Å². The summed E-state index contributed by atoms with van der Waals surface area (Å²) in [7, 11) is -1.72. The first kappa shape index (κ1) is 17.1. The molecule has 2 aromatic rings. The molecule has 0 radical (unpaired) electrons. The molecule has 3 rings (SSSR count). The molecule has 0 amide bonds. The van der Waals surface area contributed by atoms with Crippen LogP contribution >= 0.6 is 0 Å². The number of nitrogens with zero attached hydrogens (tertiary/aromatic N) is 3. The van der Waals surface area contributed by atoms with Crippen molar-refractivity contribution >= 4 is 26.9 Å². The average Bonchev–Trinajstić information content (AvgIpc) is 2.89. The van der Waals surface area contributed by atoms with Gasteiger partial charge in [0.2, 0.25) is 0 Å². The Morgan fingerprint density at radius 2 is 1.88 bits per heavy atom. The highest BCUT2D eigenvalue weighted by Crippen LogP contribution is 2.30. The van der Waals surface area contributed by atoms with Gasteiger partial charge >= 0.3 is 0 Å². The van der Waals surface area contributed by atoms with Gasteiger partial charge in [-0.1, -0.05) is 17.7 Å². The molecule has 0 saturated heterocycles. The summed E-state index contributed by atoms with van der Waals surface area (Å²) in [6.07, 6.45) is 0. The molecule has 0 N–H and O–H groups in total. The minimum Gasteiger partial charge on any atom is -0.368 e. The number of hydrogen-bond acceptors (Lipinski definition) is 6. The number of rotatable bonds is 4. The Kier molecular flexibility index (Phi) is 4.30. The first-order chi connectivity index (χ1) is 11.8. The Hall–Kier alpha value is -2.74. The van der Waals surface area contributed by atoms with Crippen LogP contribution in [0.3, 0.4) is 0 Å². The number of benzene rings is 2. The van der Waals surface area contributed by atoms with E-state index < -0.39 is 14.8 Å². The number of non-ortho nitro benzene ring substituents is 1. The number of sulfone groups is 1. The molecule has 0 saturated carbocycles. The predicted molar refractivity (Wildman–Crippen MR) is 96.1 cm³/mol. The lowest BCUT2D eigenvalue weighted by Crippen LogP contribution is -2.17. The van der Waals surface area contributed by atoms with Gasteiger partial charge in [-0.05, 0) is 25.1 Å². The van der Waals surface area contributed by atoms with Crippen LogP contribution in [0.25, 0.3) is 0 Å². The summed E-state index contributed by atoms with van der Waals surface area (Å²) < 4.78 is 24.9. The lowest BCUT2D eigenvalue weighted by Gasteiger charge is -2.09. The van der Waals surface area contributed by atoms with E-state index in [-0.39, 0.29) is 16.5 Å². The zero-order valence-electron chi connectivity index (χ0n) is 13.8. The number of nitro groups is 1. The lowest BCUT2D eigenvalue weighted by atomic mass is 10.1. The van der Waals surface area contributed by atoms with Crippen molar-refractivity contribution in [3.8, 4) is 0 Å². The summed E-state index contributed by atoms with van der Waals surface area (Å²) in [6.45, 7) is 2.30. The molecule has 0 aliphatic carbocycles.